The van der Waals surface area contributed by atoms with Crippen LogP contribution in [0.15, 0.2) is 36.7 Å². The van der Waals surface area contributed by atoms with Crippen molar-refractivity contribution in [2.75, 3.05) is 12.4 Å². The number of rotatable bonds is 4. The van der Waals surface area contributed by atoms with Crippen LogP contribution < -0.4 is 5.32 Å². The summed E-state index contributed by atoms with van der Waals surface area (Å²) in [5.74, 6) is 0.612. The van der Waals surface area contributed by atoms with Crippen LogP contribution in [0.1, 0.15) is 5.56 Å². The fourth-order valence-corrected chi connectivity index (χ4v) is 1.61. The molecule has 1 aromatic heterocycles. The highest BCUT2D eigenvalue weighted by Gasteiger charge is 2.03. The van der Waals surface area contributed by atoms with Crippen molar-refractivity contribution in [2.45, 2.75) is 6.61 Å². The van der Waals surface area contributed by atoms with E-state index >= 15 is 0 Å². The van der Waals surface area contributed by atoms with E-state index < -0.39 is 0 Å². The Hall–Kier alpha value is -1.65. The molecule has 1 heterocycles. The Labute approximate surface area is 105 Å². The third-order valence-electron chi connectivity index (χ3n) is 2.19. The number of hydrogen-bond acceptors (Lipinski definition) is 4. The maximum Gasteiger partial charge on any atom is 0.150 e. The molecule has 0 aliphatic rings. The second-order valence-corrected chi connectivity index (χ2v) is 3.83. The molecule has 0 amide bonds. The molecule has 0 aliphatic heterocycles. The quantitative estimate of drug-likeness (QED) is 0.905. The minimum atomic E-state index is 0.360. The number of hydrogen-bond donors (Lipinski definition) is 1. The number of nitrogens with one attached hydrogen (secondary N) is 1. The van der Waals surface area contributed by atoms with Crippen molar-refractivity contribution < 1.29 is 4.74 Å². The topological polar surface area (TPSA) is 47.0 Å². The van der Waals surface area contributed by atoms with E-state index in [1.165, 1.54) is 6.20 Å². The first-order valence-corrected chi connectivity index (χ1v) is 5.49. The van der Waals surface area contributed by atoms with Gasteiger partial charge < -0.3 is 10.1 Å². The summed E-state index contributed by atoms with van der Waals surface area (Å²) in [4.78, 5) is 8.09. The zero-order valence-electron chi connectivity index (χ0n) is 9.35. The lowest BCUT2D eigenvalue weighted by Crippen LogP contribution is -1.99. The molecule has 0 bridgehead atoms. The molecule has 17 heavy (non-hydrogen) atoms. The van der Waals surface area contributed by atoms with Gasteiger partial charge in [0.1, 0.15) is 5.15 Å². The number of methoxy groups -OCH3 is 1. The molecule has 0 atom stereocenters. The number of aromatic nitrogens is 2. The predicted molar refractivity (Wildman–Crippen MR) is 67.5 cm³/mol. The molecule has 0 radical (unpaired) electrons. The first-order valence-electron chi connectivity index (χ1n) is 5.11. The third kappa shape index (κ3) is 3.15. The van der Waals surface area contributed by atoms with Gasteiger partial charge in [-0.25, -0.2) is 4.98 Å². The number of nitrogens with zero attached hydrogens (tertiary/aromatic N) is 2. The number of anilines is 2. The standard InChI is InChI=1S/C12H12ClN3O/c1-17-8-9-4-2-3-5-10(9)15-12-7-14-6-11(13)16-12/h2-7H,8H2,1H3,(H,15,16). The maximum atomic E-state index is 5.77. The molecule has 5 heteroatoms. The highest BCUT2D eigenvalue weighted by Crippen LogP contribution is 2.20. The van der Waals surface area contributed by atoms with E-state index in [0.717, 1.165) is 11.3 Å². The van der Waals surface area contributed by atoms with Crippen molar-refractivity contribution in [3.8, 4) is 0 Å². The van der Waals surface area contributed by atoms with Crippen molar-refractivity contribution >= 4 is 23.1 Å². The van der Waals surface area contributed by atoms with E-state index in [9.17, 15) is 0 Å². The van der Waals surface area contributed by atoms with Crippen LogP contribution in [0.2, 0.25) is 5.15 Å². The van der Waals surface area contributed by atoms with Gasteiger partial charge in [0.25, 0.3) is 0 Å². The van der Waals surface area contributed by atoms with Crippen molar-refractivity contribution in [2.24, 2.45) is 0 Å². The molecule has 1 aromatic carbocycles. The van der Waals surface area contributed by atoms with Crippen molar-refractivity contribution in [1.29, 1.82) is 0 Å². The Bertz CT molecular complexity index is 505. The Morgan fingerprint density at radius 2 is 2.12 bits per heavy atom. The highest BCUT2D eigenvalue weighted by molar-refractivity contribution is 6.29. The van der Waals surface area contributed by atoms with Crippen LogP contribution in [0, 0.1) is 0 Å². The minimum absolute atomic E-state index is 0.360. The largest absolute Gasteiger partial charge is 0.380 e. The summed E-state index contributed by atoms with van der Waals surface area (Å²) < 4.78 is 5.13. The van der Waals surface area contributed by atoms with Gasteiger partial charge in [0.05, 0.1) is 19.0 Å². The Balaban J connectivity index is 2.23. The average molecular weight is 250 g/mol. The summed E-state index contributed by atoms with van der Waals surface area (Å²) in [6, 6.07) is 7.85. The van der Waals surface area contributed by atoms with E-state index in [1.807, 2.05) is 24.3 Å². The van der Waals surface area contributed by atoms with Gasteiger partial charge in [0.15, 0.2) is 5.82 Å². The number of benzene rings is 1. The van der Waals surface area contributed by atoms with Gasteiger partial charge >= 0.3 is 0 Å². The van der Waals surface area contributed by atoms with E-state index in [2.05, 4.69) is 15.3 Å². The minimum Gasteiger partial charge on any atom is -0.380 e. The van der Waals surface area contributed by atoms with Gasteiger partial charge in [-0.2, -0.15) is 0 Å². The normalized spacial score (nSPS) is 10.2. The van der Waals surface area contributed by atoms with E-state index in [0.29, 0.717) is 17.6 Å². The van der Waals surface area contributed by atoms with Crippen molar-refractivity contribution in [3.05, 3.63) is 47.4 Å². The summed E-state index contributed by atoms with van der Waals surface area (Å²) in [6.45, 7) is 0.539. The molecule has 0 aliphatic carbocycles. The molecule has 0 saturated heterocycles. The van der Waals surface area contributed by atoms with Gasteiger partial charge in [-0.3, -0.25) is 4.98 Å². The molecular formula is C12H12ClN3O. The Morgan fingerprint density at radius 3 is 2.88 bits per heavy atom. The molecule has 88 valence electrons. The van der Waals surface area contributed by atoms with Crippen LogP contribution in [0.3, 0.4) is 0 Å². The summed E-state index contributed by atoms with van der Waals surface area (Å²) in [5, 5.41) is 3.52. The predicted octanol–water partition coefficient (Wildman–Crippen LogP) is 3.02. The first-order chi connectivity index (χ1) is 8.29. The van der Waals surface area contributed by atoms with Crippen LogP contribution in [0.5, 0.6) is 0 Å². The van der Waals surface area contributed by atoms with Crippen LogP contribution in [0.4, 0.5) is 11.5 Å². The highest BCUT2D eigenvalue weighted by atomic mass is 35.5. The molecule has 0 saturated carbocycles. The first kappa shape index (κ1) is 11.8. The van der Waals surface area contributed by atoms with Crippen LogP contribution in [-0.2, 0) is 11.3 Å². The fraction of sp³-hybridized carbons (Fsp3) is 0.167. The second-order valence-electron chi connectivity index (χ2n) is 3.44. The van der Waals surface area contributed by atoms with Crippen LogP contribution >= 0.6 is 11.6 Å². The van der Waals surface area contributed by atoms with Gasteiger partial charge in [-0.1, -0.05) is 29.8 Å². The van der Waals surface area contributed by atoms with E-state index in [4.69, 9.17) is 16.3 Å². The smallest absolute Gasteiger partial charge is 0.150 e. The lowest BCUT2D eigenvalue weighted by atomic mass is 10.2. The summed E-state index contributed by atoms with van der Waals surface area (Å²) in [5.41, 5.74) is 1.99. The molecule has 2 aromatic rings. The molecule has 0 unspecified atom stereocenters. The zero-order chi connectivity index (χ0) is 12.1. The molecule has 1 N–H and O–H groups in total. The van der Waals surface area contributed by atoms with Gasteiger partial charge in [0, 0.05) is 18.4 Å². The van der Waals surface area contributed by atoms with Crippen LogP contribution in [0.25, 0.3) is 0 Å². The monoisotopic (exact) mass is 249 g/mol. The van der Waals surface area contributed by atoms with Gasteiger partial charge in [-0.05, 0) is 6.07 Å². The summed E-state index contributed by atoms with van der Waals surface area (Å²) in [7, 11) is 1.66. The maximum absolute atomic E-state index is 5.77. The Kier molecular flexibility index (Phi) is 3.90. The molecule has 0 spiro atoms. The van der Waals surface area contributed by atoms with Crippen molar-refractivity contribution in [3.63, 3.8) is 0 Å². The molecule has 4 nitrogen and oxygen atoms in total. The number of halogens is 1. The SMILES string of the molecule is COCc1ccccc1Nc1cncc(Cl)n1. The number of ether oxygens (including phenoxy) is 1. The third-order valence-corrected chi connectivity index (χ3v) is 2.37. The lowest BCUT2D eigenvalue weighted by molar-refractivity contribution is 0.185. The average Bonchev–Trinajstić information content (AvgIpc) is 2.32. The second kappa shape index (κ2) is 5.61. The number of para-hydroxylation sites is 1. The molecular weight excluding hydrogens is 238 g/mol. The van der Waals surface area contributed by atoms with Crippen LogP contribution in [-0.4, -0.2) is 17.1 Å². The Morgan fingerprint density at radius 1 is 1.29 bits per heavy atom. The summed E-state index contributed by atoms with van der Waals surface area (Å²) >= 11 is 5.77. The zero-order valence-corrected chi connectivity index (χ0v) is 10.1. The molecule has 0 fully saturated rings. The summed E-state index contributed by atoms with van der Waals surface area (Å²) in [6.07, 6.45) is 3.11. The lowest BCUT2D eigenvalue weighted by Gasteiger charge is -2.10. The van der Waals surface area contributed by atoms with E-state index in [1.54, 1.807) is 13.3 Å². The van der Waals surface area contributed by atoms with Gasteiger partial charge in [0.2, 0.25) is 0 Å². The van der Waals surface area contributed by atoms with E-state index in [-0.39, 0.29) is 0 Å². The fourth-order valence-electron chi connectivity index (χ4n) is 1.46. The van der Waals surface area contributed by atoms with Gasteiger partial charge in [-0.15, -0.1) is 0 Å². The molecule has 2 rings (SSSR count). The van der Waals surface area contributed by atoms with Crippen molar-refractivity contribution in [1.82, 2.24) is 9.97 Å².